The van der Waals surface area contributed by atoms with Gasteiger partial charge in [-0.05, 0) is 54.9 Å². The number of aliphatic hydroxyl groups is 3. The lowest BCUT2D eigenvalue weighted by molar-refractivity contribution is -0.127. The molecule has 0 spiro atoms. The highest BCUT2D eigenvalue weighted by atomic mass is 16.6. The zero-order valence-corrected chi connectivity index (χ0v) is 21.3. The molecule has 6 N–H and O–H groups in total. The summed E-state index contributed by atoms with van der Waals surface area (Å²) in [6, 6.07) is 1.86. The molecule has 0 fully saturated rings. The van der Waals surface area contributed by atoms with E-state index in [9.17, 15) is 30.0 Å². The first kappa shape index (κ1) is 27.0. The highest BCUT2D eigenvalue weighted by molar-refractivity contribution is 6.20. The van der Waals surface area contributed by atoms with Crippen LogP contribution in [0, 0.1) is 5.92 Å². The number of rotatable bonds is 3. The minimum absolute atomic E-state index is 0.0268. The summed E-state index contributed by atoms with van der Waals surface area (Å²) in [7, 11) is 1.44. The van der Waals surface area contributed by atoms with Crippen LogP contribution in [0.15, 0.2) is 41.0 Å². The average Bonchev–Trinajstić information content (AvgIpc) is 2.75. The van der Waals surface area contributed by atoms with Gasteiger partial charge in [0.2, 0.25) is 0 Å². The van der Waals surface area contributed by atoms with Gasteiger partial charge in [0.15, 0.2) is 11.4 Å². The number of phenols is 1. The summed E-state index contributed by atoms with van der Waals surface area (Å²) < 4.78 is 0. The van der Waals surface area contributed by atoms with Crippen molar-refractivity contribution in [2.75, 3.05) is 7.11 Å². The molecule has 0 bridgehead atoms. The van der Waals surface area contributed by atoms with Gasteiger partial charge in [0.1, 0.15) is 30.0 Å². The number of aliphatic hydroxyl groups excluding tert-OH is 2. The molecule has 0 aromatic heterocycles. The molecule has 2 aliphatic rings. The van der Waals surface area contributed by atoms with E-state index in [1.54, 1.807) is 6.92 Å². The van der Waals surface area contributed by atoms with Gasteiger partial charge >= 0.3 is 0 Å². The number of primary amides is 1. The molecule has 9 nitrogen and oxygen atoms in total. The fourth-order valence-electron chi connectivity index (χ4n) is 5.16. The maximum absolute atomic E-state index is 12.5. The molecule has 1 aromatic rings. The molecule has 0 heterocycles. The number of carbonyl (C=O) groups excluding carboxylic acids is 2. The first-order valence-corrected chi connectivity index (χ1v) is 11.7. The number of hydrogen-bond acceptors (Lipinski definition) is 8. The Labute approximate surface area is 210 Å². The number of Topliss-reactive ketones (excluding diaryl/α,β-unsaturated/α-hetero) is 1. The van der Waals surface area contributed by atoms with Crippen molar-refractivity contribution in [3.63, 3.8) is 0 Å². The largest absolute Gasteiger partial charge is 0.509 e. The maximum atomic E-state index is 12.5. The lowest BCUT2D eigenvalue weighted by Gasteiger charge is -2.39. The van der Waals surface area contributed by atoms with E-state index in [4.69, 9.17) is 10.6 Å². The molecule has 0 saturated carbocycles. The Hall–Kier alpha value is -3.59. The smallest absolute Gasteiger partial charge is 0.255 e. The number of nitrogens with zero attached hydrogens (tertiary/aromatic N) is 1. The molecule has 9 heteroatoms. The van der Waals surface area contributed by atoms with E-state index in [2.05, 4.69) is 11.7 Å². The predicted molar refractivity (Wildman–Crippen MR) is 136 cm³/mol. The van der Waals surface area contributed by atoms with Crippen LogP contribution in [0.25, 0.3) is 5.57 Å². The van der Waals surface area contributed by atoms with E-state index in [0.29, 0.717) is 29.7 Å². The second-order valence-electron chi connectivity index (χ2n) is 10.4. The van der Waals surface area contributed by atoms with E-state index < -0.39 is 45.7 Å². The number of allylic oxidation sites excluding steroid dienone is 2. The van der Waals surface area contributed by atoms with Crippen LogP contribution < -0.4 is 5.73 Å². The minimum atomic E-state index is -2.41. The predicted octanol–water partition coefficient (Wildman–Crippen LogP) is 3.47. The summed E-state index contributed by atoms with van der Waals surface area (Å²) in [6.45, 7) is 11.6. The van der Waals surface area contributed by atoms with E-state index >= 15 is 0 Å². The number of aromatic hydroxyl groups is 1. The summed E-state index contributed by atoms with van der Waals surface area (Å²) in [5.74, 6) is -4.52. The molecule has 1 amide bonds. The van der Waals surface area contributed by atoms with Gasteiger partial charge in [-0.2, -0.15) is 0 Å². The Morgan fingerprint density at radius 3 is 2.47 bits per heavy atom. The van der Waals surface area contributed by atoms with Gasteiger partial charge in [-0.25, -0.2) is 0 Å². The van der Waals surface area contributed by atoms with Gasteiger partial charge in [-0.15, -0.1) is 0 Å². The van der Waals surface area contributed by atoms with Crippen LogP contribution >= 0.6 is 0 Å². The van der Waals surface area contributed by atoms with Crippen molar-refractivity contribution in [3.8, 4) is 5.75 Å². The van der Waals surface area contributed by atoms with Crippen molar-refractivity contribution >= 4 is 23.0 Å². The SMILES string of the molecule is C=C1/C=C(\O)[C@]2(O)C(O)=C(C(N)=O)C(=O)C[C@@H]2CCCc2c(/C(C)=N\OC)cc(C(C)(C)C)c(O)c21. The second-order valence-corrected chi connectivity index (χ2v) is 10.4. The zero-order chi connectivity index (χ0) is 27.2. The van der Waals surface area contributed by atoms with Crippen LogP contribution in [0.2, 0.25) is 0 Å². The van der Waals surface area contributed by atoms with Crippen molar-refractivity contribution in [3.05, 3.63) is 58.1 Å². The van der Waals surface area contributed by atoms with Crippen LogP contribution in [0.5, 0.6) is 5.75 Å². The first-order valence-electron chi connectivity index (χ1n) is 11.7. The Kier molecular flexibility index (Phi) is 7.10. The van der Waals surface area contributed by atoms with Crippen LogP contribution in [-0.2, 0) is 26.3 Å². The molecule has 36 heavy (non-hydrogen) atoms. The Balaban J connectivity index is 2.35. The molecular formula is C27H34N2O7. The molecule has 2 aliphatic carbocycles. The van der Waals surface area contributed by atoms with E-state index in [1.165, 1.54) is 7.11 Å². The Bertz CT molecular complexity index is 1230. The fourth-order valence-corrected chi connectivity index (χ4v) is 5.16. The molecule has 2 atom stereocenters. The summed E-state index contributed by atoms with van der Waals surface area (Å²) in [6.07, 6.45) is 1.88. The maximum Gasteiger partial charge on any atom is 0.255 e. The molecule has 0 aliphatic heterocycles. The van der Waals surface area contributed by atoms with Crippen LogP contribution in [0.4, 0.5) is 0 Å². The minimum Gasteiger partial charge on any atom is -0.509 e. The van der Waals surface area contributed by atoms with E-state index in [1.807, 2.05) is 26.8 Å². The van der Waals surface area contributed by atoms with Crippen LogP contribution in [0.1, 0.15) is 69.2 Å². The number of hydrogen-bond donors (Lipinski definition) is 5. The highest BCUT2D eigenvalue weighted by Gasteiger charge is 2.52. The van der Waals surface area contributed by atoms with Gasteiger partial charge in [-0.3, -0.25) is 9.59 Å². The molecule has 0 radical (unpaired) electrons. The van der Waals surface area contributed by atoms with Gasteiger partial charge in [0.25, 0.3) is 5.91 Å². The Morgan fingerprint density at radius 1 is 1.28 bits per heavy atom. The van der Waals surface area contributed by atoms with Gasteiger partial charge < -0.3 is 31.0 Å². The third kappa shape index (κ3) is 4.39. The number of oxime groups is 1. The summed E-state index contributed by atoms with van der Waals surface area (Å²) in [4.78, 5) is 29.4. The number of fused-ring (bicyclic) bond motifs is 2. The summed E-state index contributed by atoms with van der Waals surface area (Å²) >= 11 is 0. The molecular weight excluding hydrogens is 464 g/mol. The summed E-state index contributed by atoms with van der Waals surface area (Å²) in [5, 5.41) is 48.8. The third-order valence-corrected chi connectivity index (χ3v) is 6.98. The average molecular weight is 499 g/mol. The van der Waals surface area contributed by atoms with Gasteiger partial charge in [0, 0.05) is 29.0 Å². The molecule has 194 valence electrons. The van der Waals surface area contributed by atoms with E-state index in [0.717, 1.165) is 17.2 Å². The van der Waals surface area contributed by atoms with Crippen molar-refractivity contribution in [1.82, 2.24) is 0 Å². The molecule has 0 saturated heterocycles. The number of ketones is 1. The lowest BCUT2D eigenvalue weighted by Crippen LogP contribution is -2.49. The lowest BCUT2D eigenvalue weighted by atomic mass is 9.70. The standard InChI is InChI=1S/C27H34N2O7/c1-13-10-20(31)27(35)15(11-19(30)22(24(27)33)25(28)34)8-7-9-16-17(14(2)29-36-6)12-18(26(3,4)5)23(32)21(13)16/h10,12,15,31-33,35H,1,7-9,11H2,2-6H3,(H2,28,34)/b20-10-,29-14-/t15-,27-/m0/s1. The topological polar surface area (TPSA) is 163 Å². The molecule has 3 rings (SSSR count). The third-order valence-electron chi connectivity index (χ3n) is 6.98. The number of phenolic OH excluding ortho intramolecular Hbond substituents is 1. The van der Waals surface area contributed by atoms with Gasteiger partial charge in [-0.1, -0.05) is 32.5 Å². The quantitative estimate of drug-likeness (QED) is 0.242. The number of carbonyl (C=O) groups is 2. The molecule has 1 aromatic carbocycles. The van der Waals surface area contributed by atoms with Crippen molar-refractivity contribution in [1.29, 1.82) is 0 Å². The second kappa shape index (κ2) is 9.46. The van der Waals surface area contributed by atoms with Crippen molar-refractivity contribution in [2.45, 2.75) is 64.4 Å². The first-order chi connectivity index (χ1) is 16.7. The van der Waals surface area contributed by atoms with E-state index in [-0.39, 0.29) is 24.2 Å². The fraction of sp³-hybridized carbons (Fsp3) is 0.444. The normalized spacial score (nSPS) is 25.0. The number of amides is 1. The van der Waals surface area contributed by atoms with Crippen LogP contribution in [-0.4, -0.2) is 50.5 Å². The van der Waals surface area contributed by atoms with Crippen molar-refractivity contribution in [2.24, 2.45) is 16.8 Å². The van der Waals surface area contributed by atoms with Gasteiger partial charge in [0.05, 0.1) is 5.71 Å². The molecule has 0 unspecified atom stereocenters. The Morgan fingerprint density at radius 2 is 1.92 bits per heavy atom. The monoisotopic (exact) mass is 498 g/mol. The van der Waals surface area contributed by atoms with Crippen LogP contribution in [0.3, 0.4) is 0 Å². The number of nitrogens with two attached hydrogens (primary N) is 1. The zero-order valence-electron chi connectivity index (χ0n) is 21.3. The highest BCUT2D eigenvalue weighted by Crippen LogP contribution is 2.46. The van der Waals surface area contributed by atoms with Crippen molar-refractivity contribution < 1.29 is 34.9 Å². The number of benzene rings is 1. The summed E-state index contributed by atoms with van der Waals surface area (Å²) in [5.41, 5.74) is 4.84.